The molecule has 11 heteroatoms. The van der Waals surface area contributed by atoms with Crippen LogP contribution >= 0.6 is 11.6 Å². The topological polar surface area (TPSA) is 88.7 Å². The molecule has 3 aliphatic carbocycles. The van der Waals surface area contributed by atoms with Gasteiger partial charge in [-0.3, -0.25) is 14.9 Å². The average Bonchev–Trinajstić information content (AvgIpc) is 2.82. The predicted octanol–water partition coefficient (Wildman–Crippen LogP) is 3.50. The van der Waals surface area contributed by atoms with Gasteiger partial charge in [-0.15, -0.1) is 0 Å². The van der Waals surface area contributed by atoms with Crippen LogP contribution in [0.25, 0.3) is 0 Å². The van der Waals surface area contributed by atoms with E-state index in [0.717, 1.165) is 6.07 Å². The SMILES string of the molecule is O=C(COc1ccc(Cl)c(F)c1)NC12CCC(C(=O)NC3CCC(OC(F)F)NC3)(CC1)CC2. The van der Waals surface area contributed by atoms with Crippen molar-refractivity contribution in [2.24, 2.45) is 5.41 Å². The standard InChI is InChI=1S/C23H29ClF3N3O4/c24-16-3-2-15(11-17(16)25)33-13-18(31)30-23-8-5-22(6-9-23,7-10-23)20(32)29-14-1-4-19(28-12-14)34-21(26)27/h2-3,11,14,19,21,28H,1,4-10,12-13H2,(H,29,32)(H,30,31). The van der Waals surface area contributed by atoms with E-state index < -0.39 is 24.1 Å². The number of carbonyl (C=O) groups is 2. The van der Waals surface area contributed by atoms with Gasteiger partial charge in [0, 0.05) is 29.6 Å². The molecule has 1 heterocycles. The van der Waals surface area contributed by atoms with Gasteiger partial charge in [0.15, 0.2) is 6.61 Å². The van der Waals surface area contributed by atoms with Crippen LogP contribution in [0.15, 0.2) is 18.2 Å². The van der Waals surface area contributed by atoms with Crippen molar-refractivity contribution >= 4 is 23.4 Å². The maximum Gasteiger partial charge on any atom is 0.346 e. The Bertz CT molecular complexity index is 887. The summed E-state index contributed by atoms with van der Waals surface area (Å²) in [7, 11) is 0. The molecule has 1 saturated heterocycles. The number of halogens is 4. The summed E-state index contributed by atoms with van der Waals surface area (Å²) in [5.74, 6) is -0.678. The largest absolute Gasteiger partial charge is 0.484 e. The summed E-state index contributed by atoms with van der Waals surface area (Å²) in [5, 5.41) is 9.05. The first-order valence-corrected chi connectivity index (χ1v) is 11.9. The third kappa shape index (κ3) is 5.78. The van der Waals surface area contributed by atoms with E-state index in [4.69, 9.17) is 16.3 Å². The summed E-state index contributed by atoms with van der Waals surface area (Å²) in [6.07, 6.45) is 4.35. The maximum absolute atomic E-state index is 13.5. The van der Waals surface area contributed by atoms with Gasteiger partial charge in [-0.05, 0) is 63.5 Å². The van der Waals surface area contributed by atoms with Crippen LogP contribution in [0.4, 0.5) is 13.2 Å². The van der Waals surface area contributed by atoms with Crippen LogP contribution in [0.1, 0.15) is 51.4 Å². The number of ether oxygens (including phenoxy) is 2. The van der Waals surface area contributed by atoms with Crippen molar-refractivity contribution in [3.05, 3.63) is 29.0 Å². The van der Waals surface area contributed by atoms with Crippen LogP contribution in [0.5, 0.6) is 5.75 Å². The van der Waals surface area contributed by atoms with E-state index in [1.54, 1.807) is 0 Å². The monoisotopic (exact) mass is 503 g/mol. The van der Waals surface area contributed by atoms with Crippen LogP contribution in [0, 0.1) is 11.2 Å². The molecular weight excluding hydrogens is 475 g/mol. The summed E-state index contributed by atoms with van der Waals surface area (Å²) in [6, 6.07) is 3.88. The lowest BCUT2D eigenvalue weighted by Crippen LogP contribution is -2.61. The smallest absolute Gasteiger partial charge is 0.346 e. The zero-order valence-corrected chi connectivity index (χ0v) is 19.4. The van der Waals surface area contributed by atoms with Crippen molar-refractivity contribution in [1.29, 1.82) is 0 Å². The number of hydrogen-bond acceptors (Lipinski definition) is 5. The normalized spacial score (nSPS) is 30.7. The second-order valence-electron chi connectivity index (χ2n) is 9.51. The van der Waals surface area contributed by atoms with Gasteiger partial charge in [0.1, 0.15) is 17.8 Å². The third-order valence-electron chi connectivity index (χ3n) is 7.37. The molecule has 1 aromatic carbocycles. The van der Waals surface area contributed by atoms with Crippen LogP contribution in [0.2, 0.25) is 5.02 Å². The molecular formula is C23H29ClF3N3O4. The van der Waals surface area contributed by atoms with Gasteiger partial charge in [0.05, 0.1) is 5.02 Å². The summed E-state index contributed by atoms with van der Waals surface area (Å²) >= 11 is 5.65. The zero-order chi connectivity index (χ0) is 24.3. The fourth-order valence-corrected chi connectivity index (χ4v) is 5.41. The van der Waals surface area contributed by atoms with E-state index in [-0.39, 0.29) is 40.8 Å². The zero-order valence-electron chi connectivity index (χ0n) is 18.7. The molecule has 0 aromatic heterocycles. The maximum atomic E-state index is 13.5. The highest BCUT2D eigenvalue weighted by molar-refractivity contribution is 6.30. The summed E-state index contributed by atoms with van der Waals surface area (Å²) in [4.78, 5) is 25.6. The van der Waals surface area contributed by atoms with E-state index in [2.05, 4.69) is 20.7 Å². The molecule has 4 aliphatic rings. The van der Waals surface area contributed by atoms with Gasteiger partial charge in [-0.1, -0.05) is 11.6 Å². The minimum atomic E-state index is -2.82. The first kappa shape index (κ1) is 25.1. The average molecular weight is 504 g/mol. The molecule has 2 atom stereocenters. The second kappa shape index (κ2) is 10.3. The highest BCUT2D eigenvalue weighted by atomic mass is 35.5. The number of rotatable bonds is 8. The number of nitrogens with one attached hydrogen (secondary N) is 3. The van der Waals surface area contributed by atoms with Gasteiger partial charge in [0.2, 0.25) is 5.91 Å². The molecule has 0 radical (unpaired) electrons. The van der Waals surface area contributed by atoms with E-state index in [1.165, 1.54) is 12.1 Å². The molecule has 2 amide bonds. The molecule has 34 heavy (non-hydrogen) atoms. The fraction of sp³-hybridized carbons (Fsp3) is 0.652. The van der Waals surface area contributed by atoms with E-state index in [0.29, 0.717) is 57.9 Å². The van der Waals surface area contributed by atoms with Gasteiger partial charge in [-0.2, -0.15) is 8.78 Å². The number of carbonyl (C=O) groups excluding carboxylic acids is 2. The second-order valence-corrected chi connectivity index (χ2v) is 9.92. The van der Waals surface area contributed by atoms with Crippen molar-refractivity contribution in [3.8, 4) is 5.75 Å². The van der Waals surface area contributed by atoms with Crippen LogP contribution in [-0.2, 0) is 14.3 Å². The first-order chi connectivity index (χ1) is 16.2. The van der Waals surface area contributed by atoms with Crippen molar-refractivity contribution in [1.82, 2.24) is 16.0 Å². The number of alkyl halides is 2. The molecule has 5 rings (SSSR count). The minimum Gasteiger partial charge on any atom is -0.484 e. The molecule has 1 aromatic rings. The molecule has 2 unspecified atom stereocenters. The van der Waals surface area contributed by atoms with Gasteiger partial charge in [0.25, 0.3) is 5.91 Å². The molecule has 1 aliphatic heterocycles. The van der Waals surface area contributed by atoms with Crippen LogP contribution < -0.4 is 20.7 Å². The number of fused-ring (bicyclic) bond motifs is 3. The molecule has 2 bridgehead atoms. The molecule has 4 fully saturated rings. The number of piperidine rings is 1. The van der Waals surface area contributed by atoms with E-state index >= 15 is 0 Å². The lowest BCUT2D eigenvalue weighted by molar-refractivity contribution is -0.177. The minimum absolute atomic E-state index is 0.000234. The Morgan fingerprint density at radius 3 is 2.44 bits per heavy atom. The summed E-state index contributed by atoms with van der Waals surface area (Å²) in [6.45, 7) is -2.67. The Balaban J connectivity index is 1.23. The van der Waals surface area contributed by atoms with Crippen molar-refractivity contribution < 1.29 is 32.2 Å². The Morgan fingerprint density at radius 1 is 1.15 bits per heavy atom. The van der Waals surface area contributed by atoms with E-state index in [9.17, 15) is 22.8 Å². The Labute approximate surface area is 201 Å². The highest BCUT2D eigenvalue weighted by Gasteiger charge is 2.53. The third-order valence-corrected chi connectivity index (χ3v) is 7.67. The molecule has 3 saturated carbocycles. The molecule has 7 nitrogen and oxygen atoms in total. The van der Waals surface area contributed by atoms with Crippen LogP contribution in [-0.4, -0.2) is 49.4 Å². The van der Waals surface area contributed by atoms with Gasteiger partial charge >= 0.3 is 6.61 Å². The van der Waals surface area contributed by atoms with E-state index in [1.807, 2.05) is 0 Å². The molecule has 3 N–H and O–H groups in total. The number of benzene rings is 1. The molecule has 0 spiro atoms. The first-order valence-electron chi connectivity index (χ1n) is 11.6. The van der Waals surface area contributed by atoms with Crippen molar-refractivity contribution in [3.63, 3.8) is 0 Å². The fourth-order valence-electron chi connectivity index (χ4n) is 5.29. The van der Waals surface area contributed by atoms with Gasteiger partial charge < -0.3 is 20.1 Å². The van der Waals surface area contributed by atoms with Crippen molar-refractivity contribution in [2.45, 2.75) is 75.8 Å². The molecule has 188 valence electrons. The van der Waals surface area contributed by atoms with Gasteiger partial charge in [-0.25, -0.2) is 4.39 Å². The Hall–Kier alpha value is -2.04. The van der Waals surface area contributed by atoms with Crippen molar-refractivity contribution in [2.75, 3.05) is 13.2 Å². The van der Waals surface area contributed by atoms with Crippen LogP contribution in [0.3, 0.4) is 0 Å². The predicted molar refractivity (Wildman–Crippen MR) is 118 cm³/mol. The summed E-state index contributed by atoms with van der Waals surface area (Å²) < 4.78 is 48.1. The Morgan fingerprint density at radius 2 is 1.85 bits per heavy atom. The Kier molecular flexibility index (Phi) is 7.59. The lowest BCUT2D eigenvalue weighted by Gasteiger charge is -2.53. The number of hydrogen-bond donors (Lipinski definition) is 3. The summed E-state index contributed by atoms with van der Waals surface area (Å²) in [5.41, 5.74) is -0.819. The number of amides is 2. The highest BCUT2D eigenvalue weighted by Crippen LogP contribution is 2.52. The lowest BCUT2D eigenvalue weighted by atomic mass is 9.56. The quantitative estimate of drug-likeness (QED) is 0.505.